The molecule has 1 aromatic rings. The van der Waals surface area contributed by atoms with Gasteiger partial charge in [0.1, 0.15) is 0 Å². The summed E-state index contributed by atoms with van der Waals surface area (Å²) in [5.41, 5.74) is 0.965. The first-order chi connectivity index (χ1) is 7.75. The number of benzene rings is 1. The Morgan fingerprint density at radius 2 is 2.31 bits per heavy atom. The van der Waals surface area contributed by atoms with E-state index in [4.69, 9.17) is 4.74 Å². The molecule has 0 radical (unpaired) electrons. The average Bonchev–Trinajstić information content (AvgIpc) is 3.09. The molecule has 1 fully saturated rings. The summed E-state index contributed by atoms with van der Waals surface area (Å²) in [6.07, 6.45) is 2.28. The second-order valence-corrected chi connectivity index (χ2v) is 5.32. The van der Waals surface area contributed by atoms with Crippen LogP contribution in [0.5, 0.6) is 0 Å². The molecule has 0 aromatic heterocycles. The van der Waals surface area contributed by atoms with Crippen molar-refractivity contribution >= 4 is 11.8 Å². The maximum absolute atomic E-state index is 9.46. The number of hydrogen-bond donors (Lipinski definition) is 1. The van der Waals surface area contributed by atoms with Crippen LogP contribution in [0, 0.1) is 5.92 Å². The van der Waals surface area contributed by atoms with E-state index in [1.165, 1.54) is 12.8 Å². The predicted octanol–water partition coefficient (Wildman–Crippen LogP) is 3.22. The van der Waals surface area contributed by atoms with Crippen molar-refractivity contribution in [1.82, 2.24) is 0 Å². The Bertz CT molecular complexity index is 334. The van der Waals surface area contributed by atoms with Gasteiger partial charge in [-0.25, -0.2) is 0 Å². The summed E-state index contributed by atoms with van der Waals surface area (Å²) >= 11 is 1.69. The maximum atomic E-state index is 9.46. The summed E-state index contributed by atoms with van der Waals surface area (Å²) < 4.78 is 5.56. The van der Waals surface area contributed by atoms with Crippen LogP contribution in [-0.2, 0) is 4.74 Å². The third-order valence-electron chi connectivity index (χ3n) is 2.70. The molecule has 1 saturated carbocycles. The average molecular weight is 238 g/mol. The molecule has 16 heavy (non-hydrogen) atoms. The monoisotopic (exact) mass is 238 g/mol. The van der Waals surface area contributed by atoms with Crippen molar-refractivity contribution in [3.05, 3.63) is 29.8 Å². The van der Waals surface area contributed by atoms with Gasteiger partial charge in [0.2, 0.25) is 0 Å². The highest BCUT2D eigenvalue weighted by molar-refractivity contribution is 7.99. The molecule has 2 nitrogen and oxygen atoms in total. The van der Waals surface area contributed by atoms with E-state index in [-0.39, 0.29) is 0 Å². The van der Waals surface area contributed by atoms with E-state index in [1.54, 1.807) is 18.7 Å². The number of aliphatic hydroxyl groups excluding tert-OH is 1. The molecule has 0 amide bonds. The van der Waals surface area contributed by atoms with Gasteiger partial charge >= 0.3 is 0 Å². The second-order valence-electron chi connectivity index (χ2n) is 4.32. The summed E-state index contributed by atoms with van der Waals surface area (Å²) in [6.45, 7) is 2.69. The van der Waals surface area contributed by atoms with E-state index in [0.29, 0.717) is 5.94 Å². The highest BCUT2D eigenvalue weighted by Gasteiger charge is 2.20. The maximum Gasteiger partial charge on any atom is 0.0967 e. The Labute approximate surface area is 101 Å². The first-order valence-corrected chi connectivity index (χ1v) is 6.73. The SMILES string of the molecule is CC(O)c1cccc(SCOCC2CC2)c1. The first-order valence-electron chi connectivity index (χ1n) is 5.74. The lowest BCUT2D eigenvalue weighted by Crippen LogP contribution is -1.95. The van der Waals surface area contributed by atoms with Crippen molar-refractivity contribution in [2.75, 3.05) is 12.5 Å². The zero-order valence-electron chi connectivity index (χ0n) is 9.56. The van der Waals surface area contributed by atoms with E-state index in [2.05, 4.69) is 6.07 Å². The Morgan fingerprint density at radius 3 is 3.00 bits per heavy atom. The zero-order valence-corrected chi connectivity index (χ0v) is 10.4. The summed E-state index contributed by atoms with van der Waals surface area (Å²) in [5, 5.41) is 9.46. The van der Waals surface area contributed by atoms with Crippen LogP contribution in [0.25, 0.3) is 0 Å². The van der Waals surface area contributed by atoms with E-state index < -0.39 is 6.10 Å². The van der Waals surface area contributed by atoms with Crippen LogP contribution < -0.4 is 0 Å². The molecule has 2 rings (SSSR count). The molecule has 1 aromatic carbocycles. The highest BCUT2D eigenvalue weighted by atomic mass is 32.2. The van der Waals surface area contributed by atoms with Gasteiger partial charge in [-0.1, -0.05) is 23.9 Å². The van der Waals surface area contributed by atoms with Crippen molar-refractivity contribution in [1.29, 1.82) is 0 Å². The third-order valence-corrected chi connectivity index (χ3v) is 3.57. The van der Waals surface area contributed by atoms with Crippen LogP contribution in [0.3, 0.4) is 0 Å². The van der Waals surface area contributed by atoms with Gasteiger partial charge in [0, 0.05) is 4.90 Å². The molecule has 0 heterocycles. The largest absolute Gasteiger partial charge is 0.389 e. The molecular formula is C13H18O2S. The van der Waals surface area contributed by atoms with Crippen LogP contribution in [0.2, 0.25) is 0 Å². The predicted molar refractivity (Wildman–Crippen MR) is 66.5 cm³/mol. The van der Waals surface area contributed by atoms with Crippen LogP contribution >= 0.6 is 11.8 Å². The van der Waals surface area contributed by atoms with Crippen LogP contribution in [0.4, 0.5) is 0 Å². The molecule has 0 spiro atoms. The van der Waals surface area contributed by atoms with E-state index >= 15 is 0 Å². The van der Waals surface area contributed by atoms with Crippen LogP contribution in [0.15, 0.2) is 29.2 Å². The minimum atomic E-state index is -0.395. The van der Waals surface area contributed by atoms with Crippen molar-refractivity contribution in [2.24, 2.45) is 5.92 Å². The Morgan fingerprint density at radius 1 is 1.50 bits per heavy atom. The van der Waals surface area contributed by atoms with Gasteiger partial charge in [-0.15, -0.1) is 0 Å². The van der Waals surface area contributed by atoms with Gasteiger partial charge in [-0.05, 0) is 43.4 Å². The minimum Gasteiger partial charge on any atom is -0.389 e. The number of aliphatic hydroxyl groups is 1. The summed E-state index contributed by atoms with van der Waals surface area (Å²) in [5.74, 6) is 1.53. The number of hydrogen-bond acceptors (Lipinski definition) is 3. The van der Waals surface area contributed by atoms with Crippen molar-refractivity contribution < 1.29 is 9.84 Å². The lowest BCUT2D eigenvalue weighted by molar-refractivity contribution is 0.171. The fourth-order valence-corrected chi connectivity index (χ4v) is 2.18. The second kappa shape index (κ2) is 5.71. The number of rotatable bonds is 6. The molecular weight excluding hydrogens is 220 g/mol. The van der Waals surface area contributed by atoms with Gasteiger partial charge in [-0.2, -0.15) is 0 Å². The van der Waals surface area contributed by atoms with E-state index in [9.17, 15) is 5.11 Å². The van der Waals surface area contributed by atoms with Gasteiger partial charge in [0.05, 0.1) is 18.6 Å². The lowest BCUT2D eigenvalue weighted by atomic mass is 10.1. The van der Waals surface area contributed by atoms with Crippen molar-refractivity contribution in [2.45, 2.75) is 30.8 Å². The fourth-order valence-electron chi connectivity index (χ4n) is 1.47. The van der Waals surface area contributed by atoms with E-state index in [1.807, 2.05) is 18.2 Å². The Kier molecular flexibility index (Phi) is 4.27. The zero-order chi connectivity index (χ0) is 11.4. The molecule has 1 N–H and O–H groups in total. The Balaban J connectivity index is 1.76. The van der Waals surface area contributed by atoms with Gasteiger partial charge < -0.3 is 9.84 Å². The topological polar surface area (TPSA) is 29.5 Å². The molecule has 0 bridgehead atoms. The summed E-state index contributed by atoms with van der Waals surface area (Å²) in [6, 6.07) is 8.00. The molecule has 1 unspecified atom stereocenters. The quantitative estimate of drug-likeness (QED) is 0.469. The molecule has 1 aliphatic rings. The normalized spacial score (nSPS) is 17.4. The first kappa shape index (κ1) is 12.0. The van der Waals surface area contributed by atoms with Crippen LogP contribution in [0.1, 0.15) is 31.4 Å². The molecule has 1 aliphatic carbocycles. The van der Waals surface area contributed by atoms with Crippen molar-refractivity contribution in [3.8, 4) is 0 Å². The molecule has 88 valence electrons. The number of thioether (sulfide) groups is 1. The third kappa shape index (κ3) is 3.81. The number of ether oxygens (including phenoxy) is 1. The molecule has 1 atom stereocenters. The fraction of sp³-hybridized carbons (Fsp3) is 0.538. The standard InChI is InChI=1S/C13H18O2S/c1-10(14)12-3-2-4-13(7-12)16-9-15-8-11-5-6-11/h2-4,7,10-11,14H,5-6,8-9H2,1H3. The van der Waals surface area contributed by atoms with Gasteiger partial charge in [0.15, 0.2) is 0 Å². The van der Waals surface area contributed by atoms with E-state index in [0.717, 1.165) is 23.0 Å². The van der Waals surface area contributed by atoms with Gasteiger partial charge in [0.25, 0.3) is 0 Å². The lowest BCUT2D eigenvalue weighted by Gasteiger charge is -2.07. The Hall–Kier alpha value is -0.510. The minimum absolute atomic E-state index is 0.395. The van der Waals surface area contributed by atoms with Crippen molar-refractivity contribution in [3.63, 3.8) is 0 Å². The summed E-state index contributed by atoms with van der Waals surface area (Å²) in [4.78, 5) is 1.16. The molecule has 0 aliphatic heterocycles. The smallest absolute Gasteiger partial charge is 0.0967 e. The van der Waals surface area contributed by atoms with Gasteiger partial charge in [-0.3, -0.25) is 0 Å². The van der Waals surface area contributed by atoms with Crippen LogP contribution in [-0.4, -0.2) is 17.7 Å². The molecule has 0 saturated heterocycles. The summed E-state index contributed by atoms with van der Waals surface area (Å²) in [7, 11) is 0. The highest BCUT2D eigenvalue weighted by Crippen LogP contribution is 2.29. The molecule has 3 heteroatoms.